The number of hydrogen-bond acceptors (Lipinski definition) is 4. The van der Waals surface area contributed by atoms with Crippen LogP contribution in [0.2, 0.25) is 0 Å². The van der Waals surface area contributed by atoms with Crippen LogP contribution in [0.15, 0.2) is 56.6 Å². The third-order valence-corrected chi connectivity index (χ3v) is 4.54. The molecular formula is C14H9F3N2O4S. The molecule has 3 aromatic rings. The van der Waals surface area contributed by atoms with Gasteiger partial charge in [-0.15, -0.1) is 0 Å². The number of halogens is 3. The largest absolute Gasteiger partial charge is 0.418 e. The van der Waals surface area contributed by atoms with Crippen molar-refractivity contribution in [2.24, 2.45) is 0 Å². The van der Waals surface area contributed by atoms with Crippen LogP contribution in [0.1, 0.15) is 5.56 Å². The van der Waals surface area contributed by atoms with Gasteiger partial charge in [0.15, 0.2) is 5.58 Å². The summed E-state index contributed by atoms with van der Waals surface area (Å²) < 4.78 is 70.1. The Morgan fingerprint density at radius 2 is 1.79 bits per heavy atom. The molecule has 0 saturated heterocycles. The summed E-state index contributed by atoms with van der Waals surface area (Å²) in [7, 11) is -4.30. The average molecular weight is 358 g/mol. The van der Waals surface area contributed by atoms with Gasteiger partial charge in [-0.1, -0.05) is 12.1 Å². The highest BCUT2D eigenvalue weighted by atomic mass is 32.2. The Labute approximate surface area is 133 Å². The molecule has 0 aliphatic heterocycles. The van der Waals surface area contributed by atoms with E-state index >= 15 is 0 Å². The van der Waals surface area contributed by atoms with E-state index in [1.54, 1.807) is 0 Å². The van der Waals surface area contributed by atoms with Crippen LogP contribution < -0.4 is 10.5 Å². The number of H-pyrrole nitrogens is 1. The number of aromatic nitrogens is 1. The number of hydrogen-bond donors (Lipinski definition) is 2. The zero-order valence-electron chi connectivity index (χ0n) is 11.7. The average Bonchev–Trinajstić information content (AvgIpc) is 2.85. The molecule has 0 bridgehead atoms. The Kier molecular flexibility index (Phi) is 3.63. The Morgan fingerprint density at radius 3 is 2.50 bits per heavy atom. The van der Waals surface area contributed by atoms with Crippen LogP contribution in [-0.4, -0.2) is 13.4 Å². The third-order valence-electron chi connectivity index (χ3n) is 3.18. The van der Waals surface area contributed by atoms with Crippen molar-refractivity contribution in [3.05, 3.63) is 58.6 Å². The lowest BCUT2D eigenvalue weighted by Gasteiger charge is -2.14. The molecule has 0 aliphatic carbocycles. The fourth-order valence-electron chi connectivity index (χ4n) is 2.12. The lowest BCUT2D eigenvalue weighted by Crippen LogP contribution is -2.17. The first kappa shape index (κ1) is 16.1. The van der Waals surface area contributed by atoms with E-state index in [4.69, 9.17) is 4.42 Å². The number of rotatable bonds is 3. The summed E-state index contributed by atoms with van der Waals surface area (Å²) in [6.07, 6.45) is -4.71. The van der Waals surface area contributed by atoms with Gasteiger partial charge in [-0.2, -0.15) is 13.2 Å². The normalized spacial score (nSPS) is 12.5. The van der Waals surface area contributed by atoms with E-state index in [1.807, 2.05) is 4.72 Å². The molecule has 10 heteroatoms. The Balaban J connectivity index is 2.03. The number of nitrogens with one attached hydrogen (secondary N) is 2. The summed E-state index contributed by atoms with van der Waals surface area (Å²) in [5, 5.41) is 0. The maximum atomic E-state index is 12.9. The van der Waals surface area contributed by atoms with Crippen molar-refractivity contribution in [3.8, 4) is 0 Å². The number of anilines is 1. The first-order valence-corrected chi connectivity index (χ1v) is 7.97. The SMILES string of the molecule is O=c1[nH]c2ccc(S(=O)(=O)Nc3ccccc3C(F)(F)F)cc2o1. The predicted molar refractivity (Wildman–Crippen MR) is 79.1 cm³/mol. The van der Waals surface area contributed by atoms with E-state index in [1.165, 1.54) is 12.1 Å². The van der Waals surface area contributed by atoms with Crippen molar-refractivity contribution in [2.75, 3.05) is 4.72 Å². The maximum absolute atomic E-state index is 12.9. The van der Waals surface area contributed by atoms with Gasteiger partial charge < -0.3 is 4.42 Å². The molecular weight excluding hydrogens is 349 g/mol. The topological polar surface area (TPSA) is 92.2 Å². The summed E-state index contributed by atoms with van der Waals surface area (Å²) in [6, 6.07) is 7.69. The second kappa shape index (κ2) is 5.41. The molecule has 0 amide bonds. The van der Waals surface area contributed by atoms with E-state index < -0.39 is 33.2 Å². The Morgan fingerprint density at radius 1 is 1.08 bits per heavy atom. The minimum Gasteiger partial charge on any atom is -0.408 e. The summed E-state index contributed by atoms with van der Waals surface area (Å²) in [6.45, 7) is 0. The second-order valence-electron chi connectivity index (χ2n) is 4.82. The summed E-state index contributed by atoms with van der Waals surface area (Å²) in [5.41, 5.74) is -1.45. The minimum atomic E-state index is -4.71. The van der Waals surface area contributed by atoms with Crippen molar-refractivity contribution in [1.29, 1.82) is 0 Å². The van der Waals surface area contributed by atoms with E-state index in [-0.39, 0.29) is 16.0 Å². The van der Waals surface area contributed by atoms with Gasteiger partial charge in [-0.05, 0) is 24.3 Å². The number of oxazole rings is 1. The molecule has 3 rings (SSSR count). The van der Waals surface area contributed by atoms with Gasteiger partial charge >= 0.3 is 11.9 Å². The predicted octanol–water partition coefficient (Wildman–Crippen LogP) is 2.94. The summed E-state index contributed by atoms with van der Waals surface area (Å²) in [5.74, 6) is -0.769. The fraction of sp³-hybridized carbons (Fsp3) is 0.0714. The van der Waals surface area contributed by atoms with Gasteiger partial charge in [0.05, 0.1) is 21.7 Å². The number of sulfonamides is 1. The molecule has 0 atom stereocenters. The molecule has 0 radical (unpaired) electrons. The van der Waals surface area contributed by atoms with Crippen molar-refractivity contribution in [3.63, 3.8) is 0 Å². The zero-order chi connectivity index (χ0) is 17.5. The molecule has 0 unspecified atom stereocenters. The molecule has 0 aliphatic rings. The van der Waals surface area contributed by atoms with Crippen LogP contribution in [0.25, 0.3) is 11.1 Å². The molecule has 2 aromatic carbocycles. The molecule has 1 heterocycles. The molecule has 0 fully saturated rings. The third kappa shape index (κ3) is 3.00. The van der Waals surface area contributed by atoms with Gasteiger partial charge in [0.25, 0.3) is 10.0 Å². The quantitative estimate of drug-likeness (QED) is 0.753. The van der Waals surface area contributed by atoms with E-state index in [2.05, 4.69) is 4.98 Å². The Hall–Kier alpha value is -2.75. The lowest BCUT2D eigenvalue weighted by molar-refractivity contribution is -0.136. The molecule has 6 nitrogen and oxygen atoms in total. The first-order chi connectivity index (χ1) is 11.2. The van der Waals surface area contributed by atoms with Gasteiger partial charge in [0, 0.05) is 6.07 Å². The van der Waals surface area contributed by atoms with Gasteiger partial charge in [-0.25, -0.2) is 13.2 Å². The highest BCUT2D eigenvalue weighted by molar-refractivity contribution is 7.92. The Bertz CT molecular complexity index is 1070. The number of fused-ring (bicyclic) bond motifs is 1. The molecule has 126 valence electrons. The number of benzene rings is 2. The van der Waals surface area contributed by atoms with Gasteiger partial charge in [0.1, 0.15) is 0 Å². The number of alkyl halides is 3. The van der Waals surface area contributed by atoms with Crippen molar-refractivity contribution in [2.45, 2.75) is 11.1 Å². The van der Waals surface area contributed by atoms with Crippen LogP contribution >= 0.6 is 0 Å². The number of para-hydroxylation sites is 1. The standard InChI is InChI=1S/C14H9F3N2O4S/c15-14(16,17)9-3-1-2-4-10(9)19-24(21,22)8-5-6-11-12(7-8)23-13(20)18-11/h1-7,19H,(H,18,20). The first-order valence-electron chi connectivity index (χ1n) is 6.49. The number of aromatic amines is 1. The molecule has 1 aromatic heterocycles. The van der Waals surface area contributed by atoms with Crippen LogP contribution in [-0.2, 0) is 16.2 Å². The fourth-order valence-corrected chi connectivity index (χ4v) is 3.21. The van der Waals surface area contributed by atoms with E-state index in [9.17, 15) is 26.4 Å². The van der Waals surface area contributed by atoms with Crippen LogP contribution in [0.3, 0.4) is 0 Å². The van der Waals surface area contributed by atoms with Crippen LogP contribution in [0.4, 0.5) is 18.9 Å². The second-order valence-corrected chi connectivity index (χ2v) is 6.50. The highest BCUT2D eigenvalue weighted by Gasteiger charge is 2.34. The summed E-state index contributed by atoms with van der Waals surface area (Å²) in [4.78, 5) is 13.1. The van der Waals surface area contributed by atoms with Crippen molar-refractivity contribution >= 4 is 26.8 Å². The van der Waals surface area contributed by atoms with Crippen LogP contribution in [0.5, 0.6) is 0 Å². The van der Waals surface area contributed by atoms with E-state index in [0.717, 1.165) is 30.3 Å². The monoisotopic (exact) mass is 358 g/mol. The smallest absolute Gasteiger partial charge is 0.408 e. The molecule has 24 heavy (non-hydrogen) atoms. The minimum absolute atomic E-state index is 0.0213. The zero-order valence-corrected chi connectivity index (χ0v) is 12.5. The highest BCUT2D eigenvalue weighted by Crippen LogP contribution is 2.35. The van der Waals surface area contributed by atoms with Gasteiger partial charge in [0.2, 0.25) is 0 Å². The van der Waals surface area contributed by atoms with E-state index in [0.29, 0.717) is 0 Å². The molecule has 2 N–H and O–H groups in total. The van der Waals surface area contributed by atoms with Crippen molar-refractivity contribution < 1.29 is 26.0 Å². The van der Waals surface area contributed by atoms with Crippen LogP contribution in [0, 0.1) is 0 Å². The van der Waals surface area contributed by atoms with Crippen molar-refractivity contribution in [1.82, 2.24) is 4.98 Å². The molecule has 0 spiro atoms. The lowest BCUT2D eigenvalue weighted by atomic mass is 10.2. The van der Waals surface area contributed by atoms with Gasteiger partial charge in [-0.3, -0.25) is 9.71 Å². The molecule has 0 saturated carbocycles. The maximum Gasteiger partial charge on any atom is 0.418 e. The summed E-state index contributed by atoms with van der Waals surface area (Å²) >= 11 is 0.